The minimum Gasteiger partial charge on any atom is -0.493 e. The summed E-state index contributed by atoms with van der Waals surface area (Å²) in [6.45, 7) is 3.94. The van der Waals surface area contributed by atoms with E-state index in [2.05, 4.69) is 22.3 Å². The van der Waals surface area contributed by atoms with Gasteiger partial charge in [-0.25, -0.2) is 8.42 Å². The smallest absolute Gasteiger partial charge is 0.264 e. The molecule has 1 saturated heterocycles. The maximum atomic E-state index is 13.6. The summed E-state index contributed by atoms with van der Waals surface area (Å²) >= 11 is 0. The van der Waals surface area contributed by atoms with Gasteiger partial charge in [0.1, 0.15) is 6.54 Å². The SMILES string of the molecule is COc1ccc(N(CC(=O)NCc2cccc(CN3CCOCC3)c2)S(=O)(=O)c2ccccc2)cc1OC. The minimum atomic E-state index is -4.04. The predicted octanol–water partition coefficient (Wildman–Crippen LogP) is 3.05. The highest BCUT2D eigenvalue weighted by Gasteiger charge is 2.28. The van der Waals surface area contributed by atoms with Crippen LogP contribution in [0.3, 0.4) is 0 Å². The van der Waals surface area contributed by atoms with Gasteiger partial charge in [-0.05, 0) is 35.4 Å². The minimum absolute atomic E-state index is 0.0819. The van der Waals surface area contributed by atoms with Gasteiger partial charge in [-0.2, -0.15) is 0 Å². The molecule has 0 saturated carbocycles. The summed E-state index contributed by atoms with van der Waals surface area (Å²) in [4.78, 5) is 15.5. The van der Waals surface area contributed by atoms with E-state index in [1.807, 2.05) is 12.1 Å². The quantitative estimate of drug-likeness (QED) is 0.400. The third-order valence-electron chi connectivity index (χ3n) is 6.26. The average Bonchev–Trinajstić information content (AvgIpc) is 2.95. The molecular formula is C28H33N3O6S. The second kappa shape index (κ2) is 12.8. The van der Waals surface area contributed by atoms with Gasteiger partial charge in [0.15, 0.2) is 11.5 Å². The predicted molar refractivity (Wildman–Crippen MR) is 145 cm³/mol. The number of ether oxygens (including phenoxy) is 3. The summed E-state index contributed by atoms with van der Waals surface area (Å²) < 4.78 is 44.3. The van der Waals surface area contributed by atoms with Crippen LogP contribution in [0.2, 0.25) is 0 Å². The molecule has 202 valence electrons. The highest BCUT2D eigenvalue weighted by Crippen LogP contribution is 2.33. The molecule has 0 spiro atoms. The molecule has 3 aromatic carbocycles. The van der Waals surface area contributed by atoms with Crippen LogP contribution >= 0.6 is 0 Å². The Morgan fingerprint density at radius 3 is 2.34 bits per heavy atom. The third kappa shape index (κ3) is 6.83. The number of anilines is 1. The van der Waals surface area contributed by atoms with Crippen molar-refractivity contribution < 1.29 is 27.4 Å². The van der Waals surface area contributed by atoms with Crippen molar-refractivity contribution in [1.82, 2.24) is 10.2 Å². The van der Waals surface area contributed by atoms with Crippen LogP contribution < -0.4 is 19.1 Å². The fraction of sp³-hybridized carbons (Fsp3) is 0.321. The van der Waals surface area contributed by atoms with Crippen molar-refractivity contribution in [2.45, 2.75) is 18.0 Å². The number of sulfonamides is 1. The van der Waals surface area contributed by atoms with Gasteiger partial charge in [-0.1, -0.05) is 42.5 Å². The molecule has 1 heterocycles. The fourth-order valence-electron chi connectivity index (χ4n) is 4.26. The zero-order valence-electron chi connectivity index (χ0n) is 21.6. The van der Waals surface area contributed by atoms with Crippen molar-refractivity contribution in [3.8, 4) is 11.5 Å². The number of morpholine rings is 1. The van der Waals surface area contributed by atoms with Crippen LogP contribution in [0.4, 0.5) is 5.69 Å². The number of methoxy groups -OCH3 is 2. The maximum Gasteiger partial charge on any atom is 0.264 e. The Labute approximate surface area is 224 Å². The molecule has 1 aliphatic rings. The first-order valence-corrected chi connectivity index (χ1v) is 13.8. The first kappa shape index (κ1) is 27.4. The van der Waals surface area contributed by atoms with Crippen LogP contribution in [-0.4, -0.2) is 66.3 Å². The highest BCUT2D eigenvalue weighted by molar-refractivity contribution is 7.92. The number of benzene rings is 3. The van der Waals surface area contributed by atoms with Crippen LogP contribution in [0.1, 0.15) is 11.1 Å². The maximum absolute atomic E-state index is 13.6. The van der Waals surface area contributed by atoms with E-state index in [1.54, 1.807) is 36.4 Å². The monoisotopic (exact) mass is 539 g/mol. The second-order valence-corrected chi connectivity index (χ2v) is 10.7. The molecule has 0 aromatic heterocycles. The molecule has 10 heteroatoms. The number of nitrogens with zero attached hydrogens (tertiary/aromatic N) is 2. The van der Waals surface area contributed by atoms with Crippen molar-refractivity contribution >= 4 is 21.6 Å². The summed E-state index contributed by atoms with van der Waals surface area (Å²) in [5.41, 5.74) is 2.37. The lowest BCUT2D eigenvalue weighted by Crippen LogP contribution is -2.40. The lowest BCUT2D eigenvalue weighted by molar-refractivity contribution is -0.119. The van der Waals surface area contributed by atoms with E-state index < -0.39 is 22.5 Å². The molecule has 0 radical (unpaired) electrons. The van der Waals surface area contributed by atoms with Crippen LogP contribution in [-0.2, 0) is 32.6 Å². The molecule has 38 heavy (non-hydrogen) atoms. The van der Waals surface area contributed by atoms with Crippen LogP contribution in [0, 0.1) is 0 Å². The number of hydrogen-bond donors (Lipinski definition) is 1. The average molecular weight is 540 g/mol. The molecule has 3 aromatic rings. The van der Waals surface area contributed by atoms with Crippen molar-refractivity contribution in [3.05, 3.63) is 83.9 Å². The summed E-state index contributed by atoms with van der Waals surface area (Å²) in [5, 5.41) is 2.87. The molecule has 1 N–H and O–H groups in total. The number of amides is 1. The van der Waals surface area contributed by atoms with E-state index >= 15 is 0 Å². The van der Waals surface area contributed by atoms with Gasteiger partial charge in [0.05, 0.1) is 38.0 Å². The van der Waals surface area contributed by atoms with Gasteiger partial charge in [0.2, 0.25) is 5.91 Å². The molecule has 9 nitrogen and oxygen atoms in total. The van der Waals surface area contributed by atoms with Crippen molar-refractivity contribution in [2.24, 2.45) is 0 Å². The number of carbonyl (C=O) groups is 1. The topological polar surface area (TPSA) is 97.4 Å². The zero-order valence-corrected chi connectivity index (χ0v) is 22.4. The summed E-state index contributed by atoms with van der Waals surface area (Å²) in [7, 11) is -1.07. The van der Waals surface area contributed by atoms with E-state index in [1.165, 1.54) is 26.4 Å². The Balaban J connectivity index is 1.50. The van der Waals surface area contributed by atoms with Crippen molar-refractivity contribution in [2.75, 3.05) is 51.4 Å². The molecule has 1 aliphatic heterocycles. The molecule has 4 rings (SSSR count). The van der Waals surface area contributed by atoms with Gasteiger partial charge < -0.3 is 19.5 Å². The van der Waals surface area contributed by atoms with Gasteiger partial charge in [-0.3, -0.25) is 14.0 Å². The largest absolute Gasteiger partial charge is 0.493 e. The molecule has 0 bridgehead atoms. The Morgan fingerprint density at radius 1 is 0.921 bits per heavy atom. The Kier molecular flexibility index (Phi) is 9.22. The molecule has 1 fully saturated rings. The van der Waals surface area contributed by atoms with Crippen LogP contribution in [0.15, 0.2) is 77.7 Å². The molecule has 0 atom stereocenters. The van der Waals surface area contributed by atoms with E-state index in [0.717, 1.165) is 48.3 Å². The van der Waals surface area contributed by atoms with Gasteiger partial charge >= 0.3 is 0 Å². The molecule has 1 amide bonds. The van der Waals surface area contributed by atoms with Crippen molar-refractivity contribution in [1.29, 1.82) is 0 Å². The highest BCUT2D eigenvalue weighted by atomic mass is 32.2. The lowest BCUT2D eigenvalue weighted by atomic mass is 10.1. The third-order valence-corrected chi connectivity index (χ3v) is 8.05. The number of nitrogens with one attached hydrogen (secondary N) is 1. The normalized spacial score (nSPS) is 14.1. The van der Waals surface area contributed by atoms with Crippen LogP contribution in [0.25, 0.3) is 0 Å². The standard InChI is InChI=1S/C28H33N3O6S/c1-35-26-12-11-24(18-27(26)36-2)31(38(33,34)25-9-4-3-5-10-25)21-28(32)29-19-22-7-6-8-23(17-22)20-30-13-15-37-16-14-30/h3-12,17-18H,13-16,19-21H2,1-2H3,(H,29,32). The van der Waals surface area contributed by atoms with Gasteiger partial charge in [0.25, 0.3) is 10.0 Å². The van der Waals surface area contributed by atoms with E-state index in [9.17, 15) is 13.2 Å². The summed E-state index contributed by atoms with van der Waals surface area (Å²) in [6.07, 6.45) is 0. The summed E-state index contributed by atoms with van der Waals surface area (Å²) in [5.74, 6) is 0.378. The van der Waals surface area contributed by atoms with Gasteiger partial charge in [0, 0.05) is 32.2 Å². The Hall–Kier alpha value is -3.60. The van der Waals surface area contributed by atoms with E-state index in [-0.39, 0.29) is 17.1 Å². The number of carbonyl (C=O) groups excluding carboxylic acids is 1. The number of rotatable bonds is 11. The first-order valence-electron chi connectivity index (χ1n) is 12.3. The van der Waals surface area contributed by atoms with E-state index in [4.69, 9.17) is 14.2 Å². The number of hydrogen-bond acceptors (Lipinski definition) is 7. The molecular weight excluding hydrogens is 506 g/mol. The van der Waals surface area contributed by atoms with Crippen molar-refractivity contribution in [3.63, 3.8) is 0 Å². The second-order valence-electron chi connectivity index (χ2n) is 8.85. The van der Waals surface area contributed by atoms with Crippen LogP contribution in [0.5, 0.6) is 11.5 Å². The first-order chi connectivity index (χ1) is 18.4. The summed E-state index contributed by atoms with van der Waals surface area (Å²) in [6, 6.07) is 20.8. The Bertz CT molecular complexity index is 1330. The molecule has 0 unspecified atom stereocenters. The molecule has 0 aliphatic carbocycles. The van der Waals surface area contributed by atoms with E-state index in [0.29, 0.717) is 11.5 Å². The lowest BCUT2D eigenvalue weighted by Gasteiger charge is -2.26. The van der Waals surface area contributed by atoms with Gasteiger partial charge in [-0.15, -0.1) is 0 Å². The fourth-order valence-corrected chi connectivity index (χ4v) is 5.69. The Morgan fingerprint density at radius 2 is 1.63 bits per heavy atom. The zero-order chi connectivity index (χ0) is 27.0.